The monoisotopic (exact) mass is 227 g/mol. The number of aromatic nitrogens is 1. The SMILES string of the molecule is Cc1ccnc(NCC2(C3CC3)CC2)c1C#N. The molecule has 3 rings (SSSR count). The van der Waals surface area contributed by atoms with Crippen LogP contribution in [0.5, 0.6) is 0 Å². The Balaban J connectivity index is 1.73. The van der Waals surface area contributed by atoms with Gasteiger partial charge in [-0.1, -0.05) is 0 Å². The molecule has 0 bridgehead atoms. The van der Waals surface area contributed by atoms with E-state index in [-0.39, 0.29) is 0 Å². The minimum absolute atomic E-state index is 0.540. The zero-order valence-corrected chi connectivity index (χ0v) is 10.2. The molecule has 1 N–H and O–H groups in total. The number of nitriles is 1. The molecule has 0 spiro atoms. The Hall–Kier alpha value is -1.56. The van der Waals surface area contributed by atoms with Crippen molar-refractivity contribution in [2.24, 2.45) is 11.3 Å². The number of aryl methyl sites for hydroxylation is 1. The highest BCUT2D eigenvalue weighted by Crippen LogP contribution is 2.61. The van der Waals surface area contributed by atoms with Crippen LogP contribution in [0.15, 0.2) is 12.3 Å². The first-order valence-electron chi connectivity index (χ1n) is 6.35. The van der Waals surface area contributed by atoms with E-state index in [1.54, 1.807) is 6.20 Å². The van der Waals surface area contributed by atoms with E-state index in [0.29, 0.717) is 11.0 Å². The van der Waals surface area contributed by atoms with Crippen molar-refractivity contribution >= 4 is 5.82 Å². The third-order valence-corrected chi connectivity index (χ3v) is 4.21. The van der Waals surface area contributed by atoms with Gasteiger partial charge in [0, 0.05) is 12.7 Å². The topological polar surface area (TPSA) is 48.7 Å². The molecule has 0 radical (unpaired) electrons. The maximum atomic E-state index is 9.14. The van der Waals surface area contributed by atoms with Crippen LogP contribution in [0.25, 0.3) is 0 Å². The number of rotatable bonds is 4. The predicted molar refractivity (Wildman–Crippen MR) is 66.6 cm³/mol. The van der Waals surface area contributed by atoms with Gasteiger partial charge >= 0.3 is 0 Å². The zero-order chi connectivity index (χ0) is 11.9. The highest BCUT2D eigenvalue weighted by molar-refractivity contribution is 5.55. The molecule has 2 aliphatic rings. The van der Waals surface area contributed by atoms with E-state index < -0.39 is 0 Å². The second-order valence-electron chi connectivity index (χ2n) is 5.45. The van der Waals surface area contributed by atoms with E-state index in [2.05, 4.69) is 16.4 Å². The first kappa shape index (κ1) is 10.6. The van der Waals surface area contributed by atoms with Gasteiger partial charge in [-0.15, -0.1) is 0 Å². The van der Waals surface area contributed by atoms with Crippen molar-refractivity contribution in [1.29, 1.82) is 5.26 Å². The summed E-state index contributed by atoms with van der Waals surface area (Å²) in [6.07, 6.45) is 7.26. The molecule has 88 valence electrons. The van der Waals surface area contributed by atoms with Crippen molar-refractivity contribution in [3.05, 3.63) is 23.4 Å². The molecule has 0 unspecified atom stereocenters. The van der Waals surface area contributed by atoms with E-state index in [1.807, 2.05) is 13.0 Å². The Kier molecular flexibility index (Phi) is 2.32. The smallest absolute Gasteiger partial charge is 0.144 e. The highest BCUT2D eigenvalue weighted by Gasteiger charge is 2.53. The zero-order valence-electron chi connectivity index (χ0n) is 10.2. The molecule has 0 aliphatic heterocycles. The number of anilines is 1. The minimum Gasteiger partial charge on any atom is -0.368 e. The summed E-state index contributed by atoms with van der Waals surface area (Å²) in [4.78, 5) is 4.29. The van der Waals surface area contributed by atoms with Crippen molar-refractivity contribution < 1.29 is 0 Å². The van der Waals surface area contributed by atoms with E-state index in [9.17, 15) is 0 Å². The number of nitrogens with one attached hydrogen (secondary N) is 1. The summed E-state index contributed by atoms with van der Waals surface area (Å²) >= 11 is 0. The molecule has 1 heterocycles. The Bertz CT molecular complexity index is 479. The quantitative estimate of drug-likeness (QED) is 0.860. The second-order valence-corrected chi connectivity index (χ2v) is 5.45. The van der Waals surface area contributed by atoms with Gasteiger partial charge in [-0.05, 0) is 55.6 Å². The number of hydrogen-bond acceptors (Lipinski definition) is 3. The molecule has 2 saturated carbocycles. The number of hydrogen-bond donors (Lipinski definition) is 1. The molecule has 17 heavy (non-hydrogen) atoms. The molecule has 0 amide bonds. The first-order valence-corrected chi connectivity index (χ1v) is 6.35. The predicted octanol–water partition coefficient (Wildman–Crippen LogP) is 2.86. The van der Waals surface area contributed by atoms with Crippen LogP contribution in [0.1, 0.15) is 36.8 Å². The van der Waals surface area contributed by atoms with E-state index in [0.717, 1.165) is 23.8 Å². The van der Waals surface area contributed by atoms with Crippen molar-refractivity contribution in [2.75, 3.05) is 11.9 Å². The van der Waals surface area contributed by atoms with Crippen molar-refractivity contribution in [3.63, 3.8) is 0 Å². The lowest BCUT2D eigenvalue weighted by atomic mass is 10.0. The van der Waals surface area contributed by atoms with Crippen LogP contribution in [0.2, 0.25) is 0 Å². The maximum Gasteiger partial charge on any atom is 0.144 e. The van der Waals surface area contributed by atoms with Crippen LogP contribution < -0.4 is 5.32 Å². The fourth-order valence-electron chi connectivity index (χ4n) is 2.68. The van der Waals surface area contributed by atoms with Crippen LogP contribution in [-0.2, 0) is 0 Å². The summed E-state index contributed by atoms with van der Waals surface area (Å²) in [5.74, 6) is 1.70. The number of pyridine rings is 1. The molecule has 1 aromatic heterocycles. The standard InChI is InChI=1S/C14H17N3/c1-10-4-7-16-13(12(10)8-15)17-9-14(5-6-14)11-2-3-11/h4,7,11H,2-3,5-6,9H2,1H3,(H,16,17). The van der Waals surface area contributed by atoms with Crippen LogP contribution in [0.4, 0.5) is 5.82 Å². The molecular formula is C14H17N3. The largest absolute Gasteiger partial charge is 0.368 e. The summed E-state index contributed by atoms with van der Waals surface area (Å²) in [6, 6.07) is 4.13. The van der Waals surface area contributed by atoms with Gasteiger partial charge in [-0.2, -0.15) is 5.26 Å². The molecule has 2 aliphatic carbocycles. The lowest BCUT2D eigenvalue weighted by molar-refractivity contribution is 0.466. The molecule has 3 heteroatoms. The Morgan fingerprint density at radius 2 is 2.29 bits per heavy atom. The average Bonchev–Trinajstić information content (AvgIpc) is 3.17. The lowest BCUT2D eigenvalue weighted by Crippen LogP contribution is -2.18. The summed E-state index contributed by atoms with van der Waals surface area (Å²) in [5, 5.41) is 12.5. The Morgan fingerprint density at radius 3 is 2.88 bits per heavy atom. The molecule has 1 aromatic rings. The van der Waals surface area contributed by atoms with Gasteiger partial charge < -0.3 is 5.32 Å². The molecule has 0 saturated heterocycles. The van der Waals surface area contributed by atoms with Crippen LogP contribution in [0.3, 0.4) is 0 Å². The second kappa shape index (κ2) is 3.73. The molecular weight excluding hydrogens is 210 g/mol. The summed E-state index contributed by atoms with van der Waals surface area (Å²) in [6.45, 7) is 2.95. The van der Waals surface area contributed by atoms with Crippen molar-refractivity contribution in [3.8, 4) is 6.07 Å². The molecule has 2 fully saturated rings. The summed E-state index contributed by atoms with van der Waals surface area (Å²) in [5.41, 5.74) is 2.23. The van der Waals surface area contributed by atoms with E-state index in [1.165, 1.54) is 25.7 Å². The van der Waals surface area contributed by atoms with Gasteiger partial charge in [0.25, 0.3) is 0 Å². The average molecular weight is 227 g/mol. The van der Waals surface area contributed by atoms with Gasteiger partial charge in [-0.3, -0.25) is 0 Å². The molecule has 0 aromatic carbocycles. The van der Waals surface area contributed by atoms with E-state index in [4.69, 9.17) is 5.26 Å². The Labute approximate surface area is 102 Å². The molecule has 0 atom stereocenters. The highest BCUT2D eigenvalue weighted by atomic mass is 15.0. The third-order valence-electron chi connectivity index (χ3n) is 4.21. The van der Waals surface area contributed by atoms with Crippen molar-refractivity contribution in [1.82, 2.24) is 4.98 Å². The van der Waals surface area contributed by atoms with Gasteiger partial charge in [-0.25, -0.2) is 4.98 Å². The van der Waals surface area contributed by atoms with Gasteiger partial charge in [0.05, 0.1) is 5.56 Å². The van der Waals surface area contributed by atoms with E-state index >= 15 is 0 Å². The minimum atomic E-state index is 0.540. The fraction of sp³-hybridized carbons (Fsp3) is 0.571. The van der Waals surface area contributed by atoms with Gasteiger partial charge in [0.15, 0.2) is 0 Å². The van der Waals surface area contributed by atoms with Gasteiger partial charge in [0.2, 0.25) is 0 Å². The summed E-state index contributed by atoms with van der Waals surface area (Å²) in [7, 11) is 0. The Morgan fingerprint density at radius 1 is 1.53 bits per heavy atom. The summed E-state index contributed by atoms with van der Waals surface area (Å²) < 4.78 is 0. The third kappa shape index (κ3) is 1.88. The molecule has 3 nitrogen and oxygen atoms in total. The normalized spacial score (nSPS) is 20.7. The van der Waals surface area contributed by atoms with Crippen molar-refractivity contribution in [2.45, 2.75) is 32.6 Å². The lowest BCUT2D eigenvalue weighted by Gasteiger charge is -2.16. The van der Waals surface area contributed by atoms with Crippen LogP contribution >= 0.6 is 0 Å². The van der Waals surface area contributed by atoms with Crippen LogP contribution in [-0.4, -0.2) is 11.5 Å². The fourth-order valence-corrected chi connectivity index (χ4v) is 2.68. The first-order chi connectivity index (χ1) is 8.25. The van der Waals surface area contributed by atoms with Crippen LogP contribution in [0, 0.1) is 29.6 Å². The number of nitrogens with zero attached hydrogens (tertiary/aromatic N) is 2. The maximum absolute atomic E-state index is 9.14. The van der Waals surface area contributed by atoms with Gasteiger partial charge in [0.1, 0.15) is 11.9 Å².